The Morgan fingerprint density at radius 1 is 0.465 bits per heavy atom. The van der Waals surface area contributed by atoms with E-state index in [1.165, 1.54) is 141 Å². The molecule has 1 aromatic heterocycles. The monoisotopic (exact) mass is 955 g/mol. The molecule has 6 aromatic carbocycles. The Balaban J connectivity index is 1.27. The molecule has 3 heterocycles. The molecule has 11 rings (SSSR count). The van der Waals surface area contributed by atoms with Crippen molar-refractivity contribution in [1.82, 2.24) is 0 Å². The molecule has 71 heavy (non-hydrogen) atoms. The van der Waals surface area contributed by atoms with E-state index in [0.717, 1.165) is 0 Å². The summed E-state index contributed by atoms with van der Waals surface area (Å²) in [7, 11) is 0. The number of hydrogen-bond acceptors (Lipinski definition) is 3. The van der Waals surface area contributed by atoms with E-state index >= 15 is 0 Å². The fraction of sp³-hybridized carbons (Fsp3) is 0.433. The molecule has 0 spiro atoms. The molecular formula is C67H79BN2S. The SMILES string of the molecule is Cc1cc2c3c(c1)N(c1ccc(C(C)(C)C)cc1)c1c(sc4ccc(C(C)(C)C)cc14)B3c1cc3c(cc1N2c1ccc(C(C)(C)C)cc1-c1ccc2c(c1)C(C)(C)CCC2(C)C)C(C)(C)CCC3(C)C. The summed E-state index contributed by atoms with van der Waals surface area (Å²) in [5.74, 6) is 0. The van der Waals surface area contributed by atoms with Crippen molar-refractivity contribution < 1.29 is 0 Å². The quantitative estimate of drug-likeness (QED) is 0.163. The highest BCUT2D eigenvalue weighted by Gasteiger charge is 2.48. The highest BCUT2D eigenvalue weighted by Crippen LogP contribution is 2.54. The third-order valence-corrected chi connectivity index (χ3v) is 19.1. The lowest BCUT2D eigenvalue weighted by Crippen LogP contribution is -2.61. The van der Waals surface area contributed by atoms with Crippen LogP contribution in [0.15, 0.2) is 103 Å². The minimum Gasteiger partial charge on any atom is -0.311 e. The van der Waals surface area contributed by atoms with Gasteiger partial charge in [0.15, 0.2) is 0 Å². The van der Waals surface area contributed by atoms with Gasteiger partial charge in [0, 0.05) is 43.2 Å². The summed E-state index contributed by atoms with van der Waals surface area (Å²) in [6.45, 7) is 43.4. The van der Waals surface area contributed by atoms with E-state index in [4.69, 9.17) is 0 Å². The molecule has 0 atom stereocenters. The number of hydrogen-bond donors (Lipinski definition) is 0. The first-order chi connectivity index (χ1) is 33.0. The van der Waals surface area contributed by atoms with Crippen LogP contribution >= 0.6 is 11.3 Å². The third kappa shape index (κ3) is 7.60. The molecule has 366 valence electrons. The summed E-state index contributed by atoms with van der Waals surface area (Å²) in [5, 5.41) is 1.35. The van der Waals surface area contributed by atoms with E-state index < -0.39 is 0 Å². The Bertz CT molecular complexity index is 3330. The zero-order chi connectivity index (χ0) is 50.9. The molecule has 0 amide bonds. The maximum absolute atomic E-state index is 2.74. The van der Waals surface area contributed by atoms with E-state index in [1.807, 2.05) is 11.3 Å². The first-order valence-electron chi connectivity index (χ1n) is 26.9. The molecule has 0 N–H and O–H groups in total. The Labute approximate surface area is 432 Å². The number of fused-ring (bicyclic) bond motifs is 8. The second-order valence-electron chi connectivity index (χ2n) is 28.1. The van der Waals surface area contributed by atoms with Gasteiger partial charge in [0.05, 0.1) is 11.4 Å². The molecule has 7 aromatic rings. The van der Waals surface area contributed by atoms with Crippen LogP contribution in [0.2, 0.25) is 0 Å². The van der Waals surface area contributed by atoms with Gasteiger partial charge in [0.1, 0.15) is 0 Å². The van der Waals surface area contributed by atoms with Crippen LogP contribution < -0.4 is 25.5 Å². The van der Waals surface area contributed by atoms with E-state index in [-0.39, 0.29) is 44.6 Å². The van der Waals surface area contributed by atoms with Gasteiger partial charge in [0.25, 0.3) is 6.71 Å². The van der Waals surface area contributed by atoms with Gasteiger partial charge in [-0.15, -0.1) is 11.3 Å². The van der Waals surface area contributed by atoms with Crippen LogP contribution in [-0.4, -0.2) is 6.71 Å². The van der Waals surface area contributed by atoms with Crippen molar-refractivity contribution in [2.45, 2.75) is 188 Å². The number of rotatable bonds is 3. The summed E-state index contributed by atoms with van der Waals surface area (Å²) < 4.78 is 2.80. The molecule has 2 aliphatic heterocycles. The van der Waals surface area contributed by atoms with Crippen molar-refractivity contribution in [3.05, 3.63) is 148 Å². The number of anilines is 6. The maximum atomic E-state index is 2.74. The number of benzene rings is 6. The normalized spacial score (nSPS) is 18.4. The number of aryl methyl sites for hydroxylation is 1. The molecular weight excluding hydrogens is 876 g/mol. The molecule has 0 radical (unpaired) electrons. The number of thiophene rings is 1. The van der Waals surface area contributed by atoms with Gasteiger partial charge in [-0.05, 0) is 186 Å². The Kier molecular flexibility index (Phi) is 10.5. The first-order valence-corrected chi connectivity index (χ1v) is 27.7. The molecule has 2 nitrogen and oxygen atoms in total. The van der Waals surface area contributed by atoms with Crippen LogP contribution in [0.4, 0.5) is 34.1 Å². The zero-order valence-corrected chi connectivity index (χ0v) is 47.3. The zero-order valence-electron chi connectivity index (χ0n) is 46.5. The van der Waals surface area contributed by atoms with Gasteiger partial charge in [-0.3, -0.25) is 0 Å². The summed E-state index contributed by atoms with van der Waals surface area (Å²) in [6, 6.07) is 42.3. The molecule has 2 aliphatic carbocycles. The smallest absolute Gasteiger partial charge is 0.264 e. The lowest BCUT2D eigenvalue weighted by atomic mass is 9.35. The lowest BCUT2D eigenvalue weighted by Gasteiger charge is -2.47. The van der Waals surface area contributed by atoms with Crippen LogP contribution in [0.25, 0.3) is 21.2 Å². The van der Waals surface area contributed by atoms with Crippen LogP contribution in [0.3, 0.4) is 0 Å². The Morgan fingerprint density at radius 2 is 0.972 bits per heavy atom. The largest absolute Gasteiger partial charge is 0.311 e. The van der Waals surface area contributed by atoms with Gasteiger partial charge >= 0.3 is 0 Å². The van der Waals surface area contributed by atoms with E-state index in [0.29, 0.717) is 0 Å². The Morgan fingerprint density at radius 3 is 1.56 bits per heavy atom. The molecule has 4 heteroatoms. The summed E-state index contributed by atoms with van der Waals surface area (Å²) in [6.07, 6.45) is 4.73. The summed E-state index contributed by atoms with van der Waals surface area (Å²) in [4.78, 5) is 5.41. The fourth-order valence-corrected chi connectivity index (χ4v) is 14.3. The van der Waals surface area contributed by atoms with Crippen molar-refractivity contribution in [3.8, 4) is 11.1 Å². The molecule has 4 aliphatic rings. The van der Waals surface area contributed by atoms with Crippen molar-refractivity contribution in [1.29, 1.82) is 0 Å². The number of nitrogens with zero attached hydrogens (tertiary/aromatic N) is 2. The van der Waals surface area contributed by atoms with Crippen molar-refractivity contribution in [3.63, 3.8) is 0 Å². The van der Waals surface area contributed by atoms with Gasteiger partial charge in [-0.25, -0.2) is 0 Å². The minimum absolute atomic E-state index is 0.0121. The molecule has 0 bridgehead atoms. The predicted octanol–water partition coefficient (Wildman–Crippen LogP) is 17.5. The highest BCUT2D eigenvalue weighted by molar-refractivity contribution is 7.33. The minimum atomic E-state index is -0.0295. The second kappa shape index (κ2) is 15.5. The predicted molar refractivity (Wildman–Crippen MR) is 313 cm³/mol. The van der Waals surface area contributed by atoms with Crippen molar-refractivity contribution in [2.24, 2.45) is 0 Å². The third-order valence-electron chi connectivity index (χ3n) is 17.9. The Hall–Kier alpha value is -5.06. The maximum Gasteiger partial charge on any atom is 0.264 e. The standard InChI is InChI=1S/C67H79BN2S/c1-40-33-55-58-56(34-40)70(53-27-22-43(62(5,6)7)36-46(53)41-19-26-48-49(35-41)65(13,14)30-29-64(48,11)12)54-39-51-50(66(15,16)31-32-67(51,17)18)38-52(54)68(58)60-59(47-37-44(63(8,9)10)23-28-57(47)71-60)69(55)45-24-20-42(21-25-45)61(2,3)4/h19-28,33-39H,29-32H2,1-18H3. The first kappa shape index (κ1) is 48.2. The topological polar surface area (TPSA) is 6.48 Å². The van der Waals surface area contributed by atoms with Crippen LogP contribution in [-0.2, 0) is 37.9 Å². The van der Waals surface area contributed by atoms with Crippen LogP contribution in [0.1, 0.15) is 188 Å². The second-order valence-corrected chi connectivity index (χ2v) is 29.2. The lowest BCUT2D eigenvalue weighted by molar-refractivity contribution is 0.332. The fourth-order valence-electron chi connectivity index (χ4n) is 13.0. The van der Waals surface area contributed by atoms with E-state index in [9.17, 15) is 0 Å². The summed E-state index contributed by atoms with van der Waals surface area (Å²) >= 11 is 2.02. The van der Waals surface area contributed by atoms with Crippen LogP contribution in [0, 0.1) is 6.92 Å². The van der Waals surface area contributed by atoms with Crippen molar-refractivity contribution >= 4 is 78.0 Å². The van der Waals surface area contributed by atoms with Gasteiger partial charge < -0.3 is 9.80 Å². The van der Waals surface area contributed by atoms with E-state index in [1.54, 1.807) is 0 Å². The highest BCUT2D eigenvalue weighted by atomic mass is 32.1. The van der Waals surface area contributed by atoms with E-state index in [2.05, 4.69) is 238 Å². The molecule has 0 fully saturated rings. The van der Waals surface area contributed by atoms with Gasteiger partial charge in [0.2, 0.25) is 0 Å². The average Bonchev–Trinajstić information content (AvgIpc) is 3.66. The molecule has 0 unspecified atom stereocenters. The summed E-state index contributed by atoms with van der Waals surface area (Å²) in [5.41, 5.74) is 24.9. The van der Waals surface area contributed by atoms with Gasteiger partial charge in [-0.1, -0.05) is 166 Å². The average molecular weight is 955 g/mol. The molecule has 0 saturated heterocycles. The van der Waals surface area contributed by atoms with Crippen LogP contribution in [0.5, 0.6) is 0 Å². The van der Waals surface area contributed by atoms with Crippen molar-refractivity contribution in [2.75, 3.05) is 9.80 Å². The van der Waals surface area contributed by atoms with Gasteiger partial charge in [-0.2, -0.15) is 0 Å². The molecule has 0 saturated carbocycles.